The van der Waals surface area contributed by atoms with Crippen LogP contribution in [0.1, 0.15) is 20.7 Å². The molecule has 2 N–H and O–H groups in total. The minimum absolute atomic E-state index is 0.211. The molecule has 0 atom stereocenters. The zero-order valence-electron chi connectivity index (χ0n) is 11.3. The molecule has 10 heteroatoms. The molecule has 0 fully saturated rings. The molecule has 2 aromatic carbocycles. The highest BCUT2D eigenvalue weighted by Gasteiger charge is 2.30. The lowest BCUT2D eigenvalue weighted by Gasteiger charge is -2.11. The summed E-state index contributed by atoms with van der Waals surface area (Å²) in [6, 6.07) is 3.01. The number of amides is 1. The first-order valence-corrected chi connectivity index (χ1v) is 6.38. The molecule has 2 aromatic rings. The monoisotopic (exact) mass is 365 g/mol. The van der Waals surface area contributed by atoms with Crippen LogP contribution in [0, 0.1) is 29.1 Å². The van der Waals surface area contributed by atoms with Crippen molar-refractivity contribution in [3.63, 3.8) is 0 Å². The van der Waals surface area contributed by atoms with Crippen LogP contribution in [0.4, 0.5) is 27.6 Å². The van der Waals surface area contributed by atoms with Crippen molar-refractivity contribution in [2.75, 3.05) is 5.32 Å². The SMILES string of the molecule is O=C(O)c1ccc(Cl)c(NC(=O)c2c(F)c(F)c(F)c(F)c2F)c1. The Balaban J connectivity index is 2.49. The Bertz CT molecular complexity index is 843. The fourth-order valence-corrected chi connectivity index (χ4v) is 1.91. The van der Waals surface area contributed by atoms with E-state index in [0.717, 1.165) is 18.2 Å². The number of carbonyl (C=O) groups is 2. The van der Waals surface area contributed by atoms with Crippen LogP contribution in [0.25, 0.3) is 0 Å². The summed E-state index contributed by atoms with van der Waals surface area (Å²) in [5, 5.41) is 10.4. The predicted octanol–water partition coefficient (Wildman–Crippen LogP) is 3.99. The summed E-state index contributed by atoms with van der Waals surface area (Å²) in [4.78, 5) is 22.7. The van der Waals surface area contributed by atoms with Gasteiger partial charge in [0.1, 0.15) is 5.56 Å². The van der Waals surface area contributed by atoms with Crippen molar-refractivity contribution in [3.8, 4) is 0 Å². The van der Waals surface area contributed by atoms with E-state index in [2.05, 4.69) is 0 Å². The number of carboxylic acid groups (broad SMARTS) is 1. The van der Waals surface area contributed by atoms with Crippen molar-refractivity contribution in [2.24, 2.45) is 0 Å². The molecule has 4 nitrogen and oxygen atoms in total. The van der Waals surface area contributed by atoms with Gasteiger partial charge in [0.05, 0.1) is 16.3 Å². The third kappa shape index (κ3) is 3.02. The first-order chi connectivity index (χ1) is 11.1. The molecule has 0 bridgehead atoms. The highest BCUT2D eigenvalue weighted by Crippen LogP contribution is 2.27. The lowest BCUT2D eigenvalue weighted by molar-refractivity contribution is 0.0696. The third-order valence-electron chi connectivity index (χ3n) is 2.90. The van der Waals surface area contributed by atoms with Crippen LogP contribution in [0.15, 0.2) is 18.2 Å². The van der Waals surface area contributed by atoms with Crippen molar-refractivity contribution in [1.82, 2.24) is 0 Å². The number of hydrogen-bond donors (Lipinski definition) is 2. The summed E-state index contributed by atoms with van der Waals surface area (Å²) in [6.07, 6.45) is 0. The van der Waals surface area contributed by atoms with E-state index in [1.54, 1.807) is 0 Å². The van der Waals surface area contributed by atoms with E-state index in [9.17, 15) is 31.5 Å². The molecule has 0 radical (unpaired) electrons. The largest absolute Gasteiger partial charge is 0.478 e. The second kappa shape index (κ2) is 6.44. The molecule has 24 heavy (non-hydrogen) atoms. The second-order valence-corrected chi connectivity index (χ2v) is 4.81. The molecule has 126 valence electrons. The van der Waals surface area contributed by atoms with Gasteiger partial charge in [-0.15, -0.1) is 0 Å². The van der Waals surface area contributed by atoms with Crippen molar-refractivity contribution >= 4 is 29.2 Å². The van der Waals surface area contributed by atoms with Gasteiger partial charge in [0, 0.05) is 0 Å². The predicted molar refractivity (Wildman–Crippen MR) is 72.6 cm³/mol. The fourth-order valence-electron chi connectivity index (χ4n) is 1.74. The van der Waals surface area contributed by atoms with Gasteiger partial charge in [-0.3, -0.25) is 4.79 Å². The van der Waals surface area contributed by atoms with Gasteiger partial charge in [0.25, 0.3) is 5.91 Å². The van der Waals surface area contributed by atoms with Gasteiger partial charge < -0.3 is 10.4 Å². The topological polar surface area (TPSA) is 66.4 Å². The van der Waals surface area contributed by atoms with Crippen molar-refractivity contribution in [3.05, 3.63) is 63.4 Å². The Labute approximate surface area is 135 Å². The van der Waals surface area contributed by atoms with E-state index >= 15 is 0 Å². The van der Waals surface area contributed by atoms with Crippen molar-refractivity contribution in [1.29, 1.82) is 0 Å². The first-order valence-electron chi connectivity index (χ1n) is 6.00. The molecule has 0 heterocycles. The number of rotatable bonds is 3. The van der Waals surface area contributed by atoms with E-state index in [1.807, 2.05) is 5.32 Å². The maximum absolute atomic E-state index is 13.6. The minimum Gasteiger partial charge on any atom is -0.478 e. The highest BCUT2D eigenvalue weighted by atomic mass is 35.5. The van der Waals surface area contributed by atoms with Crippen molar-refractivity contribution in [2.45, 2.75) is 0 Å². The van der Waals surface area contributed by atoms with Crippen molar-refractivity contribution < 1.29 is 36.6 Å². The number of hydrogen-bond acceptors (Lipinski definition) is 2. The molecule has 0 spiro atoms. The molecular weight excluding hydrogens is 361 g/mol. The number of anilines is 1. The Hall–Kier alpha value is -2.68. The molecule has 0 saturated carbocycles. The number of nitrogens with one attached hydrogen (secondary N) is 1. The molecule has 0 aliphatic carbocycles. The molecule has 0 aromatic heterocycles. The average molecular weight is 366 g/mol. The van der Waals surface area contributed by atoms with Crippen LogP contribution in [-0.2, 0) is 0 Å². The zero-order chi connectivity index (χ0) is 18.2. The molecule has 0 saturated heterocycles. The van der Waals surface area contributed by atoms with Gasteiger partial charge >= 0.3 is 5.97 Å². The van der Waals surface area contributed by atoms with Gasteiger partial charge in [-0.2, -0.15) is 0 Å². The standard InChI is InChI=1S/C14H5ClF5NO3/c15-5-2-1-4(14(23)24)3-6(5)21-13(22)7-8(16)10(18)12(20)11(19)9(7)17/h1-3H,(H,21,22)(H,23,24). The van der Waals surface area contributed by atoms with Gasteiger partial charge in [0.2, 0.25) is 5.82 Å². The average Bonchev–Trinajstić information content (AvgIpc) is 2.53. The van der Waals surface area contributed by atoms with Gasteiger partial charge in [-0.1, -0.05) is 11.6 Å². The fraction of sp³-hybridized carbons (Fsp3) is 0. The smallest absolute Gasteiger partial charge is 0.335 e. The van der Waals surface area contributed by atoms with Gasteiger partial charge in [-0.05, 0) is 18.2 Å². The summed E-state index contributed by atoms with van der Waals surface area (Å²) in [7, 11) is 0. The van der Waals surface area contributed by atoms with Crippen LogP contribution in [-0.4, -0.2) is 17.0 Å². The summed E-state index contributed by atoms with van der Waals surface area (Å²) in [5.74, 6) is -14.7. The van der Waals surface area contributed by atoms with E-state index in [-0.39, 0.29) is 16.3 Å². The van der Waals surface area contributed by atoms with E-state index in [1.165, 1.54) is 0 Å². The number of carbonyl (C=O) groups excluding carboxylic acids is 1. The maximum Gasteiger partial charge on any atom is 0.335 e. The van der Waals surface area contributed by atoms with Gasteiger partial charge in [0.15, 0.2) is 23.3 Å². The first kappa shape index (κ1) is 17.7. The minimum atomic E-state index is -2.41. The quantitative estimate of drug-likeness (QED) is 0.491. The molecular formula is C14H5ClF5NO3. The molecule has 1 amide bonds. The lowest BCUT2D eigenvalue weighted by atomic mass is 10.1. The summed E-state index contributed by atoms with van der Waals surface area (Å²) in [6.45, 7) is 0. The Kier molecular flexibility index (Phi) is 4.74. The maximum atomic E-state index is 13.6. The lowest BCUT2D eigenvalue weighted by Crippen LogP contribution is -2.19. The number of benzene rings is 2. The van der Waals surface area contributed by atoms with Crippen LogP contribution in [0.3, 0.4) is 0 Å². The molecule has 0 unspecified atom stereocenters. The number of halogens is 6. The summed E-state index contributed by atoms with van der Waals surface area (Å²) >= 11 is 5.70. The van der Waals surface area contributed by atoms with Crippen LogP contribution >= 0.6 is 11.6 Å². The van der Waals surface area contributed by atoms with Crippen LogP contribution in [0.2, 0.25) is 5.02 Å². The zero-order valence-corrected chi connectivity index (χ0v) is 12.0. The Morgan fingerprint density at radius 1 is 0.917 bits per heavy atom. The summed E-state index contributed by atoms with van der Waals surface area (Å²) < 4.78 is 66.3. The molecule has 0 aliphatic rings. The van der Waals surface area contributed by atoms with Gasteiger partial charge in [-0.25, -0.2) is 26.7 Å². The number of aromatic carboxylic acids is 1. The second-order valence-electron chi connectivity index (χ2n) is 4.40. The van der Waals surface area contributed by atoms with E-state index in [4.69, 9.17) is 16.7 Å². The normalized spacial score (nSPS) is 10.6. The van der Waals surface area contributed by atoms with Crippen LogP contribution in [0.5, 0.6) is 0 Å². The summed E-state index contributed by atoms with van der Waals surface area (Å²) in [5.41, 5.74) is -2.43. The highest BCUT2D eigenvalue weighted by molar-refractivity contribution is 6.34. The van der Waals surface area contributed by atoms with E-state index < -0.39 is 46.5 Å². The Morgan fingerprint density at radius 3 is 1.92 bits per heavy atom. The molecule has 0 aliphatic heterocycles. The number of carboxylic acids is 1. The Morgan fingerprint density at radius 2 is 1.42 bits per heavy atom. The van der Waals surface area contributed by atoms with Crippen LogP contribution < -0.4 is 5.32 Å². The molecule has 2 rings (SSSR count). The third-order valence-corrected chi connectivity index (χ3v) is 3.23. The van der Waals surface area contributed by atoms with E-state index in [0.29, 0.717) is 0 Å².